The summed E-state index contributed by atoms with van der Waals surface area (Å²) < 4.78 is 11.1. The molecule has 8 heteroatoms. The summed E-state index contributed by atoms with van der Waals surface area (Å²) in [6.45, 7) is 5.08. The number of aryl methyl sites for hydroxylation is 2. The van der Waals surface area contributed by atoms with Gasteiger partial charge in [0.2, 0.25) is 5.91 Å². The van der Waals surface area contributed by atoms with Crippen molar-refractivity contribution >= 4 is 34.1 Å². The van der Waals surface area contributed by atoms with Gasteiger partial charge in [-0.15, -0.1) is 0 Å². The van der Waals surface area contributed by atoms with Gasteiger partial charge in [0.1, 0.15) is 17.3 Å². The van der Waals surface area contributed by atoms with Crippen LogP contribution in [-0.2, 0) is 4.79 Å². The average molecular weight is 416 g/mol. The molecular weight excluding hydrogens is 396 g/mol. The molecule has 2 N–H and O–H groups in total. The second-order valence-electron chi connectivity index (χ2n) is 7.05. The van der Waals surface area contributed by atoms with E-state index in [1.807, 2.05) is 25.1 Å². The summed E-state index contributed by atoms with van der Waals surface area (Å²) in [7, 11) is 0. The lowest BCUT2D eigenvalue weighted by molar-refractivity contribution is -0.114. The maximum atomic E-state index is 12.4. The van der Waals surface area contributed by atoms with Crippen LogP contribution < -0.4 is 15.4 Å². The minimum Gasteiger partial charge on any atom is -0.456 e. The highest BCUT2D eigenvalue weighted by atomic mass is 16.5. The number of aromatic nitrogens is 2. The van der Waals surface area contributed by atoms with Gasteiger partial charge in [0.05, 0.1) is 11.2 Å². The molecule has 0 atom stereocenters. The topological polar surface area (TPSA) is 106 Å². The zero-order chi connectivity index (χ0) is 22.0. The number of rotatable bonds is 5. The second-order valence-corrected chi connectivity index (χ2v) is 7.05. The fourth-order valence-electron chi connectivity index (χ4n) is 3.11. The highest BCUT2D eigenvalue weighted by Crippen LogP contribution is 2.34. The number of pyridine rings is 1. The highest BCUT2D eigenvalue weighted by Gasteiger charge is 2.14. The Bertz CT molecular complexity index is 1300. The number of anilines is 2. The number of carbonyl (C=O) groups is 2. The molecule has 4 rings (SSSR count). The van der Waals surface area contributed by atoms with Gasteiger partial charge in [0, 0.05) is 36.3 Å². The van der Waals surface area contributed by atoms with Crippen LogP contribution >= 0.6 is 0 Å². The molecule has 0 aliphatic rings. The van der Waals surface area contributed by atoms with Crippen LogP contribution in [0.5, 0.6) is 11.5 Å². The number of benzene rings is 2. The predicted octanol–water partition coefficient (Wildman–Crippen LogP) is 4.84. The lowest BCUT2D eigenvalue weighted by atomic mass is 10.1. The first-order valence-electron chi connectivity index (χ1n) is 9.59. The highest BCUT2D eigenvalue weighted by molar-refractivity contribution is 6.03. The predicted molar refractivity (Wildman–Crippen MR) is 116 cm³/mol. The Morgan fingerprint density at radius 2 is 1.84 bits per heavy atom. The Kier molecular flexibility index (Phi) is 5.36. The lowest BCUT2D eigenvalue weighted by Crippen LogP contribution is -2.12. The Labute approximate surface area is 178 Å². The van der Waals surface area contributed by atoms with Crippen LogP contribution in [0.15, 0.2) is 59.3 Å². The molecule has 0 saturated heterocycles. The zero-order valence-corrected chi connectivity index (χ0v) is 17.2. The van der Waals surface area contributed by atoms with E-state index in [4.69, 9.17) is 9.26 Å². The molecule has 31 heavy (non-hydrogen) atoms. The van der Waals surface area contributed by atoms with E-state index in [2.05, 4.69) is 20.8 Å². The number of hydrogen-bond acceptors (Lipinski definition) is 6. The van der Waals surface area contributed by atoms with Crippen LogP contribution in [0.4, 0.5) is 11.4 Å². The van der Waals surface area contributed by atoms with E-state index in [9.17, 15) is 9.59 Å². The number of carbonyl (C=O) groups excluding carboxylic acids is 2. The van der Waals surface area contributed by atoms with Crippen molar-refractivity contribution in [1.82, 2.24) is 10.1 Å². The van der Waals surface area contributed by atoms with Crippen molar-refractivity contribution < 1.29 is 18.8 Å². The second kappa shape index (κ2) is 8.27. The summed E-state index contributed by atoms with van der Waals surface area (Å²) in [5, 5.41) is 10.0. The summed E-state index contributed by atoms with van der Waals surface area (Å²) in [4.78, 5) is 28.2. The molecule has 0 fully saturated rings. The fraction of sp³-hybridized carbons (Fsp3) is 0.130. The number of ether oxygens (including phenoxy) is 1. The molecule has 0 radical (unpaired) electrons. The molecule has 0 aliphatic heterocycles. The van der Waals surface area contributed by atoms with Gasteiger partial charge in [-0.05, 0) is 43.7 Å². The largest absolute Gasteiger partial charge is 0.456 e. The molecule has 2 aromatic carbocycles. The van der Waals surface area contributed by atoms with Gasteiger partial charge >= 0.3 is 0 Å². The van der Waals surface area contributed by atoms with Gasteiger partial charge in [0.15, 0.2) is 5.69 Å². The Morgan fingerprint density at radius 1 is 1.00 bits per heavy atom. The first-order chi connectivity index (χ1) is 14.9. The SMILES string of the molecule is CC(=O)Nc1cccc2c(Oc3cc(NC(=O)c4cc(C)on4)ccc3C)ccnc12. The van der Waals surface area contributed by atoms with E-state index >= 15 is 0 Å². The van der Waals surface area contributed by atoms with E-state index in [0.29, 0.717) is 34.2 Å². The van der Waals surface area contributed by atoms with Crippen molar-refractivity contribution in [3.63, 3.8) is 0 Å². The quantitative estimate of drug-likeness (QED) is 0.482. The van der Waals surface area contributed by atoms with Gasteiger partial charge in [0.25, 0.3) is 5.91 Å². The van der Waals surface area contributed by atoms with Crippen molar-refractivity contribution in [2.45, 2.75) is 20.8 Å². The molecule has 8 nitrogen and oxygen atoms in total. The molecule has 0 spiro atoms. The third-order valence-electron chi connectivity index (χ3n) is 4.57. The number of fused-ring (bicyclic) bond motifs is 1. The number of nitrogens with zero attached hydrogens (tertiary/aromatic N) is 2. The smallest absolute Gasteiger partial charge is 0.277 e. The third kappa shape index (κ3) is 4.37. The van der Waals surface area contributed by atoms with Crippen LogP contribution in [0, 0.1) is 13.8 Å². The summed E-state index contributed by atoms with van der Waals surface area (Å²) in [5.74, 6) is 1.16. The van der Waals surface area contributed by atoms with Gasteiger partial charge in [-0.25, -0.2) is 0 Å². The van der Waals surface area contributed by atoms with E-state index in [0.717, 1.165) is 10.9 Å². The summed E-state index contributed by atoms with van der Waals surface area (Å²) >= 11 is 0. The van der Waals surface area contributed by atoms with Crippen LogP contribution in [0.3, 0.4) is 0 Å². The van der Waals surface area contributed by atoms with E-state index < -0.39 is 0 Å². The monoisotopic (exact) mass is 416 g/mol. The number of para-hydroxylation sites is 1. The number of nitrogens with one attached hydrogen (secondary N) is 2. The molecule has 2 heterocycles. The third-order valence-corrected chi connectivity index (χ3v) is 4.57. The molecule has 0 saturated carbocycles. The maximum Gasteiger partial charge on any atom is 0.277 e. The summed E-state index contributed by atoms with van der Waals surface area (Å²) in [6.07, 6.45) is 1.62. The number of hydrogen-bond donors (Lipinski definition) is 2. The van der Waals surface area contributed by atoms with Gasteiger partial charge in [-0.2, -0.15) is 0 Å². The average Bonchev–Trinajstić information content (AvgIpc) is 3.17. The summed E-state index contributed by atoms with van der Waals surface area (Å²) in [6, 6.07) is 14.2. The number of amides is 2. The molecule has 2 aromatic heterocycles. The molecule has 4 aromatic rings. The summed E-state index contributed by atoms with van der Waals surface area (Å²) in [5.41, 5.74) is 2.88. The van der Waals surface area contributed by atoms with Crippen molar-refractivity contribution in [2.75, 3.05) is 10.6 Å². The van der Waals surface area contributed by atoms with Gasteiger partial charge in [-0.1, -0.05) is 17.3 Å². The minimum atomic E-state index is -0.374. The lowest BCUT2D eigenvalue weighted by Gasteiger charge is -2.14. The van der Waals surface area contributed by atoms with Crippen LogP contribution in [0.25, 0.3) is 10.9 Å². The normalized spacial score (nSPS) is 10.7. The molecule has 156 valence electrons. The Morgan fingerprint density at radius 3 is 2.58 bits per heavy atom. The molecule has 0 bridgehead atoms. The maximum absolute atomic E-state index is 12.4. The van der Waals surface area contributed by atoms with Gasteiger partial charge in [-0.3, -0.25) is 14.6 Å². The van der Waals surface area contributed by atoms with Crippen molar-refractivity contribution in [1.29, 1.82) is 0 Å². The molecule has 0 aliphatic carbocycles. The zero-order valence-electron chi connectivity index (χ0n) is 17.2. The molecular formula is C23H20N4O4. The first kappa shape index (κ1) is 20.1. The van der Waals surface area contributed by atoms with Crippen molar-refractivity contribution in [3.8, 4) is 11.5 Å². The van der Waals surface area contributed by atoms with E-state index in [-0.39, 0.29) is 17.5 Å². The van der Waals surface area contributed by atoms with E-state index in [1.165, 1.54) is 6.92 Å². The first-order valence-corrected chi connectivity index (χ1v) is 9.59. The van der Waals surface area contributed by atoms with Crippen LogP contribution in [0.1, 0.15) is 28.7 Å². The minimum absolute atomic E-state index is 0.179. The Balaban J connectivity index is 1.63. The van der Waals surface area contributed by atoms with Crippen LogP contribution in [-0.4, -0.2) is 22.0 Å². The standard InChI is InChI=1S/C23H20N4O4/c1-13-7-8-16(26-23(29)19-11-14(2)31-27-19)12-21(13)30-20-9-10-24-22-17(20)5-4-6-18(22)25-15(3)28/h4-12H,1-3H3,(H,25,28)(H,26,29). The Hall–Kier alpha value is -4.20. The van der Waals surface area contributed by atoms with Gasteiger partial charge < -0.3 is 19.9 Å². The van der Waals surface area contributed by atoms with E-state index in [1.54, 1.807) is 43.5 Å². The molecule has 2 amide bonds. The molecule has 0 unspecified atom stereocenters. The van der Waals surface area contributed by atoms with Crippen molar-refractivity contribution in [2.24, 2.45) is 0 Å². The fourth-order valence-corrected chi connectivity index (χ4v) is 3.11. The van der Waals surface area contributed by atoms with Crippen LogP contribution in [0.2, 0.25) is 0 Å². The van der Waals surface area contributed by atoms with Crippen molar-refractivity contribution in [3.05, 3.63) is 71.7 Å².